The lowest BCUT2D eigenvalue weighted by atomic mass is 9.96. The Labute approximate surface area is 231 Å². The summed E-state index contributed by atoms with van der Waals surface area (Å²) in [5, 5.41) is 12.6. The molecule has 2 amide bonds. The lowest BCUT2D eigenvalue weighted by Gasteiger charge is -2.47. The molecule has 2 saturated heterocycles. The first-order chi connectivity index (χ1) is 18.9. The number of ether oxygens (including phenoxy) is 3. The van der Waals surface area contributed by atoms with Crippen LogP contribution in [0.15, 0.2) is 54.6 Å². The number of β-lactam (4-membered cyclic amide) rings is 1. The van der Waals surface area contributed by atoms with Gasteiger partial charge in [-0.15, -0.1) is 11.8 Å². The summed E-state index contributed by atoms with van der Waals surface area (Å²) in [4.78, 5) is 52.1. The zero-order valence-electron chi connectivity index (χ0n) is 21.6. The van der Waals surface area contributed by atoms with Crippen LogP contribution in [0.2, 0.25) is 0 Å². The predicted octanol–water partition coefficient (Wildman–Crippen LogP) is 1.68. The predicted molar refractivity (Wildman–Crippen MR) is 143 cm³/mol. The van der Waals surface area contributed by atoms with Crippen molar-refractivity contribution in [1.29, 1.82) is 0 Å². The molecule has 10 nitrogen and oxygen atoms in total. The molecule has 39 heavy (non-hydrogen) atoms. The van der Waals surface area contributed by atoms with Crippen LogP contribution in [-0.4, -0.2) is 77.3 Å². The van der Waals surface area contributed by atoms with Crippen LogP contribution in [0.3, 0.4) is 0 Å². The number of nitrogens with zero attached hydrogens (tertiary/aromatic N) is 1. The summed E-state index contributed by atoms with van der Waals surface area (Å²) in [5.74, 6) is -1.42. The number of hydrogen-bond acceptors (Lipinski definition) is 9. The molecule has 3 atom stereocenters. The lowest BCUT2D eigenvalue weighted by molar-refractivity contribution is -0.182. The number of amides is 2. The molecule has 2 aromatic carbocycles. The van der Waals surface area contributed by atoms with E-state index >= 15 is 0 Å². The Hall–Kier alpha value is -3.41. The van der Waals surface area contributed by atoms with Crippen molar-refractivity contribution < 1.29 is 38.5 Å². The number of ketones is 1. The number of nitrogens with one attached hydrogen (secondary N) is 1. The zero-order chi connectivity index (χ0) is 27.8. The molecule has 2 aliphatic rings. The fourth-order valence-corrected chi connectivity index (χ4v) is 5.76. The summed E-state index contributed by atoms with van der Waals surface area (Å²) in [6.07, 6.45) is -0.557. The molecular weight excluding hydrogens is 524 g/mol. The summed E-state index contributed by atoms with van der Waals surface area (Å²) in [6.45, 7) is 0.928. The first-order valence-electron chi connectivity index (χ1n) is 12.7. The Bertz CT molecular complexity index is 1150. The monoisotopic (exact) mass is 556 g/mol. The van der Waals surface area contributed by atoms with Gasteiger partial charge in [0.15, 0.2) is 0 Å². The first kappa shape index (κ1) is 28.6. The van der Waals surface area contributed by atoms with Gasteiger partial charge in [0.2, 0.25) is 12.1 Å². The molecule has 208 valence electrons. The minimum absolute atomic E-state index is 0.00790. The second kappa shape index (κ2) is 13.6. The summed E-state index contributed by atoms with van der Waals surface area (Å²) < 4.78 is 15.7. The van der Waals surface area contributed by atoms with Crippen molar-refractivity contribution in [1.82, 2.24) is 10.2 Å². The van der Waals surface area contributed by atoms with Gasteiger partial charge in [-0.1, -0.05) is 42.5 Å². The minimum Gasteiger partial charge on any atom is -0.497 e. The number of carbonyl (C=O) groups is 4. The molecule has 2 aliphatic heterocycles. The van der Waals surface area contributed by atoms with Gasteiger partial charge < -0.3 is 24.6 Å². The number of methoxy groups -OCH3 is 1. The Kier molecular flexibility index (Phi) is 9.96. The largest absolute Gasteiger partial charge is 0.497 e. The van der Waals surface area contributed by atoms with Crippen LogP contribution in [0, 0.1) is 5.92 Å². The quantitative estimate of drug-likeness (QED) is 0.296. The van der Waals surface area contributed by atoms with Crippen molar-refractivity contribution in [3.63, 3.8) is 0 Å². The second-order valence-electron chi connectivity index (χ2n) is 9.34. The molecular formula is C28H32N2O8S. The van der Waals surface area contributed by atoms with Crippen LogP contribution >= 0.6 is 11.8 Å². The van der Waals surface area contributed by atoms with Crippen molar-refractivity contribution in [3.8, 4) is 5.75 Å². The third-order valence-electron chi connectivity index (χ3n) is 6.69. The van der Waals surface area contributed by atoms with Gasteiger partial charge in [-0.2, -0.15) is 0 Å². The second-order valence-corrected chi connectivity index (χ2v) is 10.4. The molecule has 0 radical (unpaired) electrons. The molecule has 0 aromatic heterocycles. The Morgan fingerprint density at radius 2 is 1.77 bits per heavy atom. The fraction of sp³-hybridized carbons (Fsp3) is 0.429. The molecule has 2 N–H and O–H groups in total. The normalized spacial score (nSPS) is 20.1. The van der Waals surface area contributed by atoms with E-state index < -0.39 is 29.5 Å². The van der Waals surface area contributed by atoms with Crippen LogP contribution in [0.5, 0.6) is 5.75 Å². The van der Waals surface area contributed by atoms with Crippen LogP contribution in [0.1, 0.15) is 24.0 Å². The SMILES string of the molecule is COc1ccc(COC(=O)C(O)N2C(=O)[C@@H](NC(=O)Cc3ccccc3)[C@H]2SCC(=O)C2CCOCC2)cc1. The molecule has 4 rings (SSSR count). The number of aliphatic hydroxyl groups is 1. The van der Waals surface area contributed by atoms with E-state index in [-0.39, 0.29) is 36.4 Å². The highest BCUT2D eigenvalue weighted by atomic mass is 32.2. The van der Waals surface area contributed by atoms with Gasteiger partial charge in [-0.25, -0.2) is 4.79 Å². The third-order valence-corrected chi connectivity index (χ3v) is 7.98. The topological polar surface area (TPSA) is 131 Å². The molecule has 11 heteroatoms. The minimum atomic E-state index is -1.88. The van der Waals surface area contributed by atoms with E-state index in [1.165, 1.54) is 0 Å². The maximum atomic E-state index is 13.0. The van der Waals surface area contributed by atoms with Crippen LogP contribution < -0.4 is 10.1 Å². The van der Waals surface area contributed by atoms with Crippen molar-refractivity contribution in [2.45, 2.75) is 43.5 Å². The van der Waals surface area contributed by atoms with E-state index in [2.05, 4.69) is 5.32 Å². The van der Waals surface area contributed by atoms with E-state index in [0.717, 1.165) is 22.2 Å². The van der Waals surface area contributed by atoms with Crippen molar-refractivity contribution in [3.05, 3.63) is 65.7 Å². The average molecular weight is 557 g/mol. The molecule has 0 saturated carbocycles. The summed E-state index contributed by atoms with van der Waals surface area (Å²) in [5.41, 5.74) is 1.45. The molecule has 2 aromatic rings. The van der Waals surface area contributed by atoms with Gasteiger partial charge >= 0.3 is 5.97 Å². The van der Waals surface area contributed by atoms with Gasteiger partial charge in [0, 0.05) is 19.1 Å². The van der Waals surface area contributed by atoms with Gasteiger partial charge in [0.1, 0.15) is 29.6 Å². The number of benzene rings is 2. The summed E-state index contributed by atoms with van der Waals surface area (Å²) in [7, 11) is 1.54. The Balaban J connectivity index is 1.39. The van der Waals surface area contributed by atoms with Gasteiger partial charge in [0.25, 0.3) is 5.91 Å². The van der Waals surface area contributed by atoms with Crippen LogP contribution in [0.25, 0.3) is 0 Å². The smallest absolute Gasteiger partial charge is 0.356 e. The van der Waals surface area contributed by atoms with Crippen molar-refractivity contribution in [2.75, 3.05) is 26.1 Å². The van der Waals surface area contributed by atoms with E-state index in [1.54, 1.807) is 43.5 Å². The third kappa shape index (κ3) is 7.37. The summed E-state index contributed by atoms with van der Waals surface area (Å²) in [6, 6.07) is 14.9. The molecule has 2 heterocycles. The molecule has 0 spiro atoms. The fourth-order valence-electron chi connectivity index (χ4n) is 4.43. The van der Waals surface area contributed by atoms with Gasteiger partial charge in [-0.05, 0) is 36.1 Å². The number of carbonyl (C=O) groups excluding carboxylic acids is 4. The van der Waals surface area contributed by atoms with Gasteiger partial charge in [0.05, 0.1) is 19.3 Å². The zero-order valence-corrected chi connectivity index (χ0v) is 22.4. The highest BCUT2D eigenvalue weighted by Crippen LogP contribution is 2.33. The number of hydrogen-bond donors (Lipinski definition) is 2. The lowest BCUT2D eigenvalue weighted by Crippen LogP contribution is -2.73. The van der Waals surface area contributed by atoms with E-state index in [9.17, 15) is 24.3 Å². The van der Waals surface area contributed by atoms with E-state index in [0.29, 0.717) is 37.4 Å². The number of Topliss-reactive ketones (excluding diaryl/α,β-unsaturated/α-hetero) is 1. The molecule has 0 aliphatic carbocycles. The Morgan fingerprint density at radius 1 is 1.08 bits per heavy atom. The average Bonchev–Trinajstić information content (AvgIpc) is 2.97. The van der Waals surface area contributed by atoms with E-state index in [1.807, 2.05) is 18.2 Å². The van der Waals surface area contributed by atoms with E-state index in [4.69, 9.17) is 14.2 Å². The van der Waals surface area contributed by atoms with Crippen molar-refractivity contribution in [2.24, 2.45) is 5.92 Å². The standard InChI is InChI=1S/C28H32N2O8S/c1-36-21-9-7-19(8-10-21)16-38-28(35)26(34)30-25(33)24(29-23(32)15-18-5-3-2-4-6-18)27(30)39-17-22(31)20-11-13-37-14-12-20/h2-10,20,24,26-27,34H,11-17H2,1H3,(H,29,32)/t24-,26?,27-/m1/s1. The number of thioether (sulfide) groups is 1. The summed E-state index contributed by atoms with van der Waals surface area (Å²) >= 11 is 1.12. The number of rotatable bonds is 12. The highest BCUT2D eigenvalue weighted by Gasteiger charge is 2.53. The molecule has 0 bridgehead atoms. The van der Waals surface area contributed by atoms with Crippen LogP contribution in [-0.2, 0) is 41.7 Å². The maximum absolute atomic E-state index is 13.0. The molecule has 1 unspecified atom stereocenters. The molecule has 2 fully saturated rings. The highest BCUT2D eigenvalue weighted by molar-refractivity contribution is 8.00. The number of esters is 1. The van der Waals surface area contributed by atoms with Crippen LogP contribution in [0.4, 0.5) is 0 Å². The Morgan fingerprint density at radius 3 is 2.44 bits per heavy atom. The van der Waals surface area contributed by atoms with Gasteiger partial charge in [-0.3, -0.25) is 19.3 Å². The van der Waals surface area contributed by atoms with Crippen molar-refractivity contribution >= 4 is 35.3 Å². The maximum Gasteiger partial charge on any atom is 0.356 e. The number of likely N-dealkylation sites (tertiary alicyclic amines) is 1. The number of aliphatic hydroxyl groups excluding tert-OH is 1. The first-order valence-corrected chi connectivity index (χ1v) is 13.8.